The Hall–Kier alpha value is -0.160. The predicted molar refractivity (Wildman–Crippen MR) is 56.7 cm³/mol. The summed E-state index contributed by atoms with van der Waals surface area (Å²) in [5.74, 6) is 0. The molecular weight excluding hydrogens is 194 g/mol. The average molecular weight is 215 g/mol. The molecule has 1 heterocycles. The molecule has 2 aliphatic rings. The van der Waals surface area contributed by atoms with Crippen LogP contribution in [0.1, 0.15) is 26.2 Å². The van der Waals surface area contributed by atoms with Crippen molar-refractivity contribution in [2.45, 2.75) is 50.5 Å². The quantitative estimate of drug-likeness (QED) is 0.749. The van der Waals surface area contributed by atoms with E-state index in [-0.39, 0.29) is 18.2 Å². The molecule has 1 aliphatic carbocycles. The molecule has 2 rings (SSSR count). The fourth-order valence-corrected chi connectivity index (χ4v) is 2.23. The van der Waals surface area contributed by atoms with Crippen LogP contribution < -0.4 is 5.73 Å². The van der Waals surface area contributed by atoms with Gasteiger partial charge in [0.2, 0.25) is 0 Å². The highest BCUT2D eigenvalue weighted by molar-refractivity contribution is 4.95. The summed E-state index contributed by atoms with van der Waals surface area (Å²) in [6, 6.07) is 0.162. The molecule has 0 amide bonds. The van der Waals surface area contributed by atoms with E-state index in [1.165, 1.54) is 0 Å². The highest BCUT2D eigenvalue weighted by Gasteiger charge is 2.41. The summed E-state index contributed by atoms with van der Waals surface area (Å²) >= 11 is 0. The van der Waals surface area contributed by atoms with Crippen LogP contribution in [0.4, 0.5) is 0 Å². The Kier molecular flexibility index (Phi) is 3.97. The number of nitrogens with two attached hydrogens (primary N) is 1. The van der Waals surface area contributed by atoms with E-state index < -0.39 is 0 Å². The maximum absolute atomic E-state index is 5.98. The Balaban J connectivity index is 1.74. The van der Waals surface area contributed by atoms with Gasteiger partial charge in [-0.15, -0.1) is 0 Å². The first-order valence-corrected chi connectivity index (χ1v) is 5.91. The van der Waals surface area contributed by atoms with E-state index in [0.717, 1.165) is 32.5 Å². The van der Waals surface area contributed by atoms with Crippen molar-refractivity contribution in [3.05, 3.63) is 0 Å². The second-order valence-electron chi connectivity index (χ2n) is 4.31. The Bertz CT molecular complexity index is 194. The minimum Gasteiger partial charge on any atom is -0.381 e. The second kappa shape index (κ2) is 5.25. The summed E-state index contributed by atoms with van der Waals surface area (Å²) in [6.07, 6.45) is 3.61. The number of hydrogen-bond donors (Lipinski definition) is 1. The first-order chi connectivity index (χ1) is 7.31. The zero-order valence-corrected chi connectivity index (χ0v) is 9.35. The monoisotopic (exact) mass is 215 g/mol. The maximum atomic E-state index is 5.98. The third-order valence-electron chi connectivity index (χ3n) is 3.19. The lowest BCUT2D eigenvalue weighted by Gasteiger charge is -2.43. The first kappa shape index (κ1) is 11.3. The Labute approximate surface area is 91.1 Å². The van der Waals surface area contributed by atoms with E-state index in [1.807, 2.05) is 6.92 Å². The van der Waals surface area contributed by atoms with Crippen LogP contribution in [0, 0.1) is 0 Å². The van der Waals surface area contributed by atoms with Crippen LogP contribution in [0.15, 0.2) is 0 Å². The van der Waals surface area contributed by atoms with Gasteiger partial charge in [0.05, 0.1) is 18.3 Å². The van der Waals surface area contributed by atoms with Crippen molar-refractivity contribution in [3.63, 3.8) is 0 Å². The molecule has 15 heavy (non-hydrogen) atoms. The molecular formula is C11H21NO3. The van der Waals surface area contributed by atoms with Crippen LogP contribution in [0.3, 0.4) is 0 Å². The van der Waals surface area contributed by atoms with Crippen LogP contribution in [-0.2, 0) is 14.2 Å². The summed E-state index contributed by atoms with van der Waals surface area (Å²) in [5, 5.41) is 0. The van der Waals surface area contributed by atoms with Gasteiger partial charge in [0.25, 0.3) is 0 Å². The van der Waals surface area contributed by atoms with Gasteiger partial charge < -0.3 is 19.9 Å². The molecule has 4 heteroatoms. The number of hydrogen-bond acceptors (Lipinski definition) is 4. The maximum Gasteiger partial charge on any atom is 0.0988 e. The standard InChI is InChI=1S/C11H21NO3/c1-2-14-11-9(12)7-10(11)15-8-3-5-13-6-4-8/h8-11H,2-7,12H2,1H3. The normalized spacial score (nSPS) is 37.6. The molecule has 3 unspecified atom stereocenters. The summed E-state index contributed by atoms with van der Waals surface area (Å²) in [4.78, 5) is 0. The summed E-state index contributed by atoms with van der Waals surface area (Å²) < 4.78 is 16.8. The lowest BCUT2D eigenvalue weighted by Crippen LogP contribution is -2.59. The van der Waals surface area contributed by atoms with Gasteiger partial charge in [-0.1, -0.05) is 0 Å². The van der Waals surface area contributed by atoms with E-state index >= 15 is 0 Å². The molecule has 0 aromatic carbocycles. The molecule has 0 radical (unpaired) electrons. The lowest BCUT2D eigenvalue weighted by molar-refractivity contribution is -0.172. The molecule has 0 spiro atoms. The molecule has 0 aromatic rings. The molecule has 0 aromatic heterocycles. The summed E-state index contributed by atoms with van der Waals surface area (Å²) in [6.45, 7) is 4.36. The van der Waals surface area contributed by atoms with Crippen molar-refractivity contribution >= 4 is 0 Å². The molecule has 0 bridgehead atoms. The smallest absolute Gasteiger partial charge is 0.0988 e. The minimum absolute atomic E-state index is 0.109. The first-order valence-electron chi connectivity index (χ1n) is 5.91. The van der Waals surface area contributed by atoms with Gasteiger partial charge in [-0.05, 0) is 26.2 Å². The number of ether oxygens (including phenoxy) is 3. The molecule has 2 fully saturated rings. The van der Waals surface area contributed by atoms with Crippen molar-refractivity contribution in [1.82, 2.24) is 0 Å². The lowest BCUT2D eigenvalue weighted by atomic mass is 9.85. The van der Waals surface area contributed by atoms with Gasteiger partial charge in [-0.25, -0.2) is 0 Å². The highest BCUT2D eigenvalue weighted by Crippen LogP contribution is 2.28. The van der Waals surface area contributed by atoms with Crippen LogP contribution in [0.5, 0.6) is 0 Å². The number of rotatable bonds is 4. The van der Waals surface area contributed by atoms with Crippen molar-refractivity contribution in [2.24, 2.45) is 5.73 Å². The van der Waals surface area contributed by atoms with E-state index in [9.17, 15) is 0 Å². The zero-order valence-electron chi connectivity index (χ0n) is 9.35. The average Bonchev–Trinajstić information content (AvgIpc) is 2.27. The third-order valence-corrected chi connectivity index (χ3v) is 3.19. The van der Waals surface area contributed by atoms with E-state index in [4.69, 9.17) is 19.9 Å². The molecule has 2 N–H and O–H groups in total. The van der Waals surface area contributed by atoms with Crippen LogP contribution >= 0.6 is 0 Å². The Morgan fingerprint density at radius 3 is 2.67 bits per heavy atom. The van der Waals surface area contributed by atoms with Crippen LogP contribution in [-0.4, -0.2) is 44.2 Å². The molecule has 88 valence electrons. The Morgan fingerprint density at radius 1 is 1.33 bits per heavy atom. The van der Waals surface area contributed by atoms with E-state index in [1.54, 1.807) is 0 Å². The van der Waals surface area contributed by atoms with Gasteiger partial charge in [0.1, 0.15) is 0 Å². The van der Waals surface area contributed by atoms with Gasteiger partial charge in [-0.2, -0.15) is 0 Å². The Morgan fingerprint density at radius 2 is 2.07 bits per heavy atom. The van der Waals surface area contributed by atoms with Crippen molar-refractivity contribution in [2.75, 3.05) is 19.8 Å². The van der Waals surface area contributed by atoms with Crippen molar-refractivity contribution in [1.29, 1.82) is 0 Å². The topological polar surface area (TPSA) is 53.7 Å². The fraction of sp³-hybridized carbons (Fsp3) is 1.00. The largest absolute Gasteiger partial charge is 0.381 e. The van der Waals surface area contributed by atoms with Gasteiger partial charge in [0, 0.05) is 25.9 Å². The summed E-state index contributed by atoms with van der Waals surface area (Å²) in [5.41, 5.74) is 5.87. The molecule has 3 atom stereocenters. The molecule has 4 nitrogen and oxygen atoms in total. The fourth-order valence-electron chi connectivity index (χ4n) is 2.23. The third kappa shape index (κ3) is 2.69. The van der Waals surface area contributed by atoms with E-state index in [0.29, 0.717) is 12.7 Å². The van der Waals surface area contributed by atoms with Gasteiger partial charge >= 0.3 is 0 Å². The molecule has 1 saturated heterocycles. The molecule has 1 aliphatic heterocycles. The SMILES string of the molecule is CCOC1C(N)CC1OC1CCOCC1. The van der Waals surface area contributed by atoms with Gasteiger partial charge in [0.15, 0.2) is 0 Å². The van der Waals surface area contributed by atoms with E-state index in [2.05, 4.69) is 0 Å². The zero-order chi connectivity index (χ0) is 10.7. The summed E-state index contributed by atoms with van der Waals surface area (Å²) in [7, 11) is 0. The van der Waals surface area contributed by atoms with Crippen molar-refractivity contribution < 1.29 is 14.2 Å². The predicted octanol–water partition coefficient (Wildman–Crippen LogP) is 0.687. The minimum atomic E-state index is 0.109. The molecule has 1 saturated carbocycles. The van der Waals surface area contributed by atoms with Crippen molar-refractivity contribution in [3.8, 4) is 0 Å². The van der Waals surface area contributed by atoms with Gasteiger partial charge in [-0.3, -0.25) is 0 Å². The van der Waals surface area contributed by atoms with Crippen LogP contribution in [0.25, 0.3) is 0 Å². The highest BCUT2D eigenvalue weighted by atomic mass is 16.6. The van der Waals surface area contributed by atoms with Crippen LogP contribution in [0.2, 0.25) is 0 Å². The second-order valence-corrected chi connectivity index (χ2v) is 4.31.